The Hall–Kier alpha value is -2.06. The van der Waals surface area contributed by atoms with Crippen LogP contribution in [-0.2, 0) is 0 Å². The molecule has 0 atom stereocenters. The number of non-ortho nitro benzene ring substituents is 1. The van der Waals surface area contributed by atoms with Crippen LogP contribution in [0.25, 0.3) is 0 Å². The van der Waals surface area contributed by atoms with Crippen molar-refractivity contribution in [2.45, 2.75) is 19.4 Å². The van der Waals surface area contributed by atoms with Gasteiger partial charge < -0.3 is 4.74 Å². The Labute approximate surface area is 106 Å². The van der Waals surface area contributed by atoms with Gasteiger partial charge in [0.05, 0.1) is 10.5 Å². The minimum atomic E-state index is -0.444. The first-order chi connectivity index (χ1) is 8.44. The lowest BCUT2D eigenvalue weighted by atomic mass is 10.1. The zero-order valence-electron chi connectivity index (χ0n) is 10.5. The number of rotatable bonds is 6. The van der Waals surface area contributed by atoms with Gasteiger partial charge in [0.25, 0.3) is 5.69 Å². The number of benzene rings is 1. The predicted molar refractivity (Wildman–Crippen MR) is 69.5 cm³/mol. The molecule has 0 radical (unpaired) electrons. The highest BCUT2D eigenvalue weighted by Gasteiger charge is 2.11. The first-order valence-electron chi connectivity index (χ1n) is 5.55. The topological polar surface area (TPSA) is 64.4 Å². The molecular formula is C13H16N2O3. The second-order valence-electron chi connectivity index (χ2n) is 4.30. The number of ether oxygens (including phenoxy) is 1. The molecule has 1 aromatic rings. The average molecular weight is 248 g/mol. The van der Waals surface area contributed by atoms with Crippen LogP contribution in [0.4, 0.5) is 5.69 Å². The minimum Gasteiger partial charge on any atom is -0.492 e. The Morgan fingerprint density at radius 1 is 1.44 bits per heavy atom. The van der Waals surface area contributed by atoms with Gasteiger partial charge in [0, 0.05) is 18.7 Å². The van der Waals surface area contributed by atoms with Crippen molar-refractivity contribution in [2.24, 2.45) is 0 Å². The Kier molecular flexibility index (Phi) is 4.69. The Morgan fingerprint density at radius 3 is 2.56 bits per heavy atom. The molecule has 1 aromatic carbocycles. The van der Waals surface area contributed by atoms with Gasteiger partial charge in [-0.15, -0.1) is 6.42 Å². The van der Waals surface area contributed by atoms with E-state index in [2.05, 4.69) is 11.2 Å². The average Bonchev–Trinajstić information content (AvgIpc) is 2.35. The van der Waals surface area contributed by atoms with Crippen molar-refractivity contribution < 1.29 is 9.66 Å². The lowest BCUT2D eigenvalue weighted by Crippen LogP contribution is -2.40. The van der Waals surface area contributed by atoms with Gasteiger partial charge in [-0.3, -0.25) is 15.4 Å². The molecule has 0 aliphatic carbocycles. The van der Waals surface area contributed by atoms with E-state index in [-0.39, 0.29) is 11.2 Å². The normalized spacial score (nSPS) is 10.7. The highest BCUT2D eigenvalue weighted by molar-refractivity contribution is 5.35. The molecule has 0 bridgehead atoms. The molecular weight excluding hydrogens is 232 g/mol. The molecule has 0 unspecified atom stereocenters. The first-order valence-corrected chi connectivity index (χ1v) is 5.55. The molecule has 18 heavy (non-hydrogen) atoms. The summed E-state index contributed by atoms with van der Waals surface area (Å²) in [6.45, 7) is 4.86. The smallest absolute Gasteiger partial charge is 0.269 e. The van der Waals surface area contributed by atoms with Crippen LogP contribution in [0.15, 0.2) is 24.3 Å². The summed E-state index contributed by atoms with van der Waals surface area (Å²) in [6.07, 6.45) is 5.33. The summed E-state index contributed by atoms with van der Waals surface area (Å²) < 4.78 is 5.43. The van der Waals surface area contributed by atoms with Crippen molar-refractivity contribution in [2.75, 3.05) is 13.2 Å². The molecule has 5 heteroatoms. The molecule has 1 rings (SSSR count). The summed E-state index contributed by atoms with van der Waals surface area (Å²) in [5.74, 6) is 3.22. The monoisotopic (exact) mass is 248 g/mol. The first kappa shape index (κ1) is 14.0. The van der Waals surface area contributed by atoms with Crippen LogP contribution in [0.5, 0.6) is 5.75 Å². The van der Waals surface area contributed by atoms with Crippen LogP contribution < -0.4 is 10.1 Å². The van der Waals surface area contributed by atoms with Crippen molar-refractivity contribution in [3.63, 3.8) is 0 Å². The summed E-state index contributed by atoms with van der Waals surface area (Å²) in [5, 5.41) is 13.6. The van der Waals surface area contributed by atoms with Crippen molar-refractivity contribution in [1.29, 1.82) is 0 Å². The van der Waals surface area contributed by atoms with Gasteiger partial charge in [0.1, 0.15) is 12.4 Å². The van der Waals surface area contributed by atoms with Crippen LogP contribution in [0.2, 0.25) is 0 Å². The zero-order chi connectivity index (χ0) is 13.6. The Morgan fingerprint density at radius 2 is 2.06 bits per heavy atom. The van der Waals surface area contributed by atoms with Crippen LogP contribution in [0, 0.1) is 22.5 Å². The molecule has 0 saturated heterocycles. The maximum absolute atomic E-state index is 10.5. The molecule has 0 aliphatic rings. The molecule has 0 spiro atoms. The zero-order valence-corrected chi connectivity index (χ0v) is 10.5. The summed E-state index contributed by atoms with van der Waals surface area (Å²) in [6, 6.07) is 5.97. The van der Waals surface area contributed by atoms with Crippen molar-refractivity contribution in [3.8, 4) is 18.1 Å². The van der Waals surface area contributed by atoms with Crippen molar-refractivity contribution in [3.05, 3.63) is 34.4 Å². The van der Waals surface area contributed by atoms with Gasteiger partial charge in [-0.25, -0.2) is 0 Å². The number of nitrogens with zero attached hydrogens (tertiary/aromatic N) is 1. The van der Waals surface area contributed by atoms with Gasteiger partial charge in [-0.1, -0.05) is 5.92 Å². The third kappa shape index (κ3) is 4.44. The van der Waals surface area contributed by atoms with E-state index in [0.717, 1.165) is 0 Å². The molecule has 1 N–H and O–H groups in total. The van der Waals surface area contributed by atoms with Gasteiger partial charge in [0.15, 0.2) is 0 Å². The maximum atomic E-state index is 10.5. The van der Waals surface area contributed by atoms with Crippen LogP contribution >= 0.6 is 0 Å². The second-order valence-corrected chi connectivity index (χ2v) is 4.30. The summed E-state index contributed by atoms with van der Waals surface area (Å²) >= 11 is 0. The lowest BCUT2D eigenvalue weighted by molar-refractivity contribution is -0.384. The fraction of sp³-hybridized carbons (Fsp3) is 0.385. The second kappa shape index (κ2) is 6.03. The molecule has 0 heterocycles. The van der Waals surface area contributed by atoms with Crippen LogP contribution in [-0.4, -0.2) is 23.6 Å². The molecule has 0 aliphatic heterocycles. The summed E-state index contributed by atoms with van der Waals surface area (Å²) in [4.78, 5) is 10.0. The maximum Gasteiger partial charge on any atom is 0.269 e. The molecule has 0 amide bonds. The number of nitrogens with one attached hydrogen (secondary N) is 1. The van der Waals surface area contributed by atoms with Gasteiger partial charge in [0.2, 0.25) is 0 Å². The van der Waals surface area contributed by atoms with E-state index in [1.165, 1.54) is 12.1 Å². The van der Waals surface area contributed by atoms with Gasteiger partial charge in [-0.2, -0.15) is 0 Å². The standard InChI is InChI=1S/C13H16N2O3/c1-4-13(2,3)14-9-10-18-12-7-5-11(6-8-12)15(16)17/h1,5-8,14H,9-10H2,2-3H3. The van der Waals surface area contributed by atoms with E-state index in [9.17, 15) is 10.1 Å². The largest absolute Gasteiger partial charge is 0.492 e. The Bertz CT molecular complexity index is 446. The molecule has 0 fully saturated rings. The number of hydrogen-bond donors (Lipinski definition) is 1. The van der Waals surface area contributed by atoms with E-state index in [1.54, 1.807) is 12.1 Å². The van der Waals surface area contributed by atoms with Crippen molar-refractivity contribution in [1.82, 2.24) is 5.32 Å². The predicted octanol–water partition coefficient (Wildman–Crippen LogP) is 1.97. The van der Waals surface area contributed by atoms with E-state index < -0.39 is 4.92 Å². The van der Waals surface area contributed by atoms with Gasteiger partial charge >= 0.3 is 0 Å². The van der Waals surface area contributed by atoms with Crippen molar-refractivity contribution >= 4 is 5.69 Å². The summed E-state index contributed by atoms with van der Waals surface area (Å²) in [7, 11) is 0. The fourth-order valence-electron chi connectivity index (χ4n) is 1.25. The minimum absolute atomic E-state index is 0.0499. The molecule has 5 nitrogen and oxygen atoms in total. The summed E-state index contributed by atoms with van der Waals surface area (Å²) in [5.41, 5.74) is -0.312. The molecule has 0 saturated carbocycles. The quantitative estimate of drug-likeness (QED) is 0.362. The molecule has 96 valence electrons. The highest BCUT2D eigenvalue weighted by atomic mass is 16.6. The third-order valence-corrected chi connectivity index (χ3v) is 2.35. The highest BCUT2D eigenvalue weighted by Crippen LogP contribution is 2.16. The molecule has 0 aromatic heterocycles. The van der Waals surface area contributed by atoms with E-state index >= 15 is 0 Å². The fourth-order valence-corrected chi connectivity index (χ4v) is 1.25. The van der Waals surface area contributed by atoms with E-state index in [1.807, 2.05) is 13.8 Å². The third-order valence-electron chi connectivity index (χ3n) is 2.35. The Balaban J connectivity index is 2.37. The number of nitro benzene ring substituents is 1. The lowest BCUT2D eigenvalue weighted by Gasteiger charge is -2.19. The van der Waals surface area contributed by atoms with Gasteiger partial charge in [-0.05, 0) is 26.0 Å². The van der Waals surface area contributed by atoms with E-state index in [0.29, 0.717) is 18.9 Å². The number of nitro groups is 1. The van der Waals surface area contributed by atoms with Crippen LogP contribution in [0.3, 0.4) is 0 Å². The van der Waals surface area contributed by atoms with E-state index in [4.69, 9.17) is 11.2 Å². The number of hydrogen-bond acceptors (Lipinski definition) is 4. The SMILES string of the molecule is C#CC(C)(C)NCCOc1ccc([N+](=O)[O-])cc1. The van der Waals surface area contributed by atoms with Crippen LogP contribution in [0.1, 0.15) is 13.8 Å². The number of terminal acetylenes is 1.